The van der Waals surface area contributed by atoms with Crippen LogP contribution in [0.4, 0.5) is 10.5 Å². The van der Waals surface area contributed by atoms with Crippen molar-refractivity contribution < 1.29 is 24.6 Å². The fourth-order valence-corrected chi connectivity index (χ4v) is 4.10. The molecule has 3 rings (SSSR count). The van der Waals surface area contributed by atoms with Gasteiger partial charge in [-0.05, 0) is 49.3 Å². The number of benzene rings is 1. The van der Waals surface area contributed by atoms with Crippen LogP contribution in [0.15, 0.2) is 18.2 Å². The highest BCUT2D eigenvalue weighted by Crippen LogP contribution is 2.26. The molecule has 0 radical (unpaired) electrons. The van der Waals surface area contributed by atoms with Crippen LogP contribution < -0.4 is 16.0 Å². The Balaban J connectivity index is 1.47. The second-order valence-electron chi connectivity index (χ2n) is 8.07. The summed E-state index contributed by atoms with van der Waals surface area (Å²) in [6, 6.07) is 4.73. The molecule has 1 aromatic carbocycles. The molecule has 1 atom stereocenters. The lowest BCUT2D eigenvalue weighted by Crippen LogP contribution is -2.61. The van der Waals surface area contributed by atoms with Crippen molar-refractivity contribution in [3.05, 3.63) is 29.3 Å². The third-order valence-electron chi connectivity index (χ3n) is 5.85. The maximum Gasteiger partial charge on any atom is 0.329 e. The van der Waals surface area contributed by atoms with E-state index in [1.807, 2.05) is 0 Å². The van der Waals surface area contributed by atoms with Crippen molar-refractivity contribution in [3.8, 4) is 0 Å². The summed E-state index contributed by atoms with van der Waals surface area (Å²) in [6.07, 6.45) is 3.10. The van der Waals surface area contributed by atoms with Gasteiger partial charge in [0, 0.05) is 38.8 Å². The van der Waals surface area contributed by atoms with E-state index in [4.69, 9.17) is 0 Å². The zero-order valence-electron chi connectivity index (χ0n) is 17.2. The number of piperidine rings is 1. The van der Waals surface area contributed by atoms with Crippen molar-refractivity contribution in [2.24, 2.45) is 0 Å². The monoisotopic (exact) mass is 418 g/mol. The lowest BCUT2D eigenvalue weighted by molar-refractivity contribution is -0.152. The largest absolute Gasteiger partial charge is 0.480 e. The number of nitrogens with zero attached hydrogens (tertiary/aromatic N) is 1. The first-order valence-electron chi connectivity index (χ1n) is 10.4. The summed E-state index contributed by atoms with van der Waals surface area (Å²) in [5, 5.41) is 28.6. The first-order valence-corrected chi connectivity index (χ1v) is 10.4. The van der Waals surface area contributed by atoms with Crippen LogP contribution >= 0.6 is 0 Å². The molecule has 0 aromatic heterocycles. The van der Waals surface area contributed by atoms with Gasteiger partial charge in [0.15, 0.2) is 6.04 Å². The smallest absolute Gasteiger partial charge is 0.329 e. The average Bonchev–Trinajstić information content (AvgIpc) is 2.72. The molecule has 2 aliphatic heterocycles. The fourth-order valence-electron chi connectivity index (χ4n) is 4.10. The molecule has 30 heavy (non-hydrogen) atoms. The van der Waals surface area contributed by atoms with Gasteiger partial charge in [-0.3, -0.25) is 4.79 Å². The van der Waals surface area contributed by atoms with Gasteiger partial charge >= 0.3 is 12.0 Å². The van der Waals surface area contributed by atoms with Crippen molar-refractivity contribution in [1.82, 2.24) is 15.5 Å². The highest BCUT2D eigenvalue weighted by molar-refractivity contribution is 5.83. The predicted molar refractivity (Wildman–Crippen MR) is 111 cm³/mol. The Morgan fingerprint density at radius 1 is 1.27 bits per heavy atom. The number of likely N-dealkylation sites (tertiary alicyclic amines) is 1. The lowest BCUT2D eigenvalue weighted by atomic mass is 9.84. The number of carboxylic acids is 1. The molecule has 1 unspecified atom stereocenters. The van der Waals surface area contributed by atoms with Crippen LogP contribution in [0.25, 0.3) is 0 Å². The molecule has 3 amide bonds. The van der Waals surface area contributed by atoms with Crippen LogP contribution in [0, 0.1) is 0 Å². The average molecular weight is 418 g/mol. The van der Waals surface area contributed by atoms with E-state index >= 15 is 0 Å². The Hall–Kier alpha value is -2.81. The van der Waals surface area contributed by atoms with Crippen LogP contribution in [0.3, 0.4) is 0 Å². The van der Waals surface area contributed by atoms with Gasteiger partial charge in [0.2, 0.25) is 5.91 Å². The topological polar surface area (TPSA) is 131 Å². The van der Waals surface area contributed by atoms with Crippen LogP contribution in [-0.2, 0) is 22.4 Å². The summed E-state index contributed by atoms with van der Waals surface area (Å²) < 4.78 is 0. The van der Waals surface area contributed by atoms with Gasteiger partial charge in [0.1, 0.15) is 0 Å². The molecule has 1 fully saturated rings. The first kappa shape index (κ1) is 21.9. The minimum absolute atomic E-state index is 0.0775. The second kappa shape index (κ2) is 9.34. The van der Waals surface area contributed by atoms with E-state index in [1.165, 1.54) is 18.2 Å². The Bertz CT molecular complexity index is 805. The van der Waals surface area contributed by atoms with E-state index in [2.05, 4.69) is 34.1 Å². The highest BCUT2D eigenvalue weighted by Gasteiger charge is 2.45. The molecule has 9 nitrogen and oxygen atoms in total. The number of carboxylic acid groups (broad SMARTS) is 1. The second-order valence-corrected chi connectivity index (χ2v) is 8.07. The zero-order valence-corrected chi connectivity index (χ0v) is 17.2. The number of nitrogens with one attached hydrogen (secondary N) is 3. The molecular weight excluding hydrogens is 388 g/mol. The molecule has 1 aromatic rings. The van der Waals surface area contributed by atoms with Crippen LogP contribution in [0.1, 0.15) is 37.3 Å². The van der Waals surface area contributed by atoms with Crippen molar-refractivity contribution in [3.63, 3.8) is 0 Å². The third-order valence-corrected chi connectivity index (χ3v) is 5.85. The molecular formula is C21H30N4O5. The van der Waals surface area contributed by atoms with E-state index < -0.39 is 23.5 Å². The molecule has 5 N–H and O–H groups in total. The molecule has 0 saturated carbocycles. The molecule has 1 saturated heterocycles. The molecule has 9 heteroatoms. The predicted octanol–water partition coefficient (Wildman–Crippen LogP) is 0.713. The van der Waals surface area contributed by atoms with Crippen LogP contribution in [0.5, 0.6) is 0 Å². The van der Waals surface area contributed by atoms with Crippen molar-refractivity contribution in [2.45, 2.75) is 50.7 Å². The summed E-state index contributed by atoms with van der Waals surface area (Å²) in [5.41, 5.74) is 2.07. The minimum Gasteiger partial charge on any atom is -0.480 e. The summed E-state index contributed by atoms with van der Waals surface area (Å²) in [6.45, 7) is 3.12. The molecule has 2 aliphatic rings. The summed E-state index contributed by atoms with van der Waals surface area (Å²) in [7, 11) is 0. The number of urea groups is 1. The molecule has 0 aliphatic carbocycles. The summed E-state index contributed by atoms with van der Waals surface area (Å²) in [5.74, 6) is -1.81. The van der Waals surface area contributed by atoms with Gasteiger partial charge in [0.25, 0.3) is 0 Å². The van der Waals surface area contributed by atoms with Crippen molar-refractivity contribution >= 4 is 23.6 Å². The van der Waals surface area contributed by atoms with Crippen LogP contribution in [-0.4, -0.2) is 70.8 Å². The number of hydrogen-bond donors (Lipinski definition) is 5. The van der Waals surface area contributed by atoms with E-state index in [9.17, 15) is 24.6 Å². The number of carbonyl (C=O) groups excluding carboxylic acids is 2. The van der Waals surface area contributed by atoms with Crippen molar-refractivity contribution in [2.75, 3.05) is 31.5 Å². The maximum atomic E-state index is 12.4. The number of rotatable bonds is 6. The standard InChI is InChI=1S/C21H30N4O5/c1-14(26)24-18(19(27)28)21(30)7-11-25(12-8-21)20(29)23-10-6-15-4-5-16-3-2-9-22-17(16)13-15/h4-5,13,18,22,30H,2-3,6-12H2,1H3,(H,23,29)(H,24,26)(H,27,28). The number of carbonyl (C=O) groups is 3. The van der Waals surface area contributed by atoms with Gasteiger partial charge in [-0.1, -0.05) is 12.1 Å². The van der Waals surface area contributed by atoms with E-state index in [0.29, 0.717) is 13.0 Å². The summed E-state index contributed by atoms with van der Waals surface area (Å²) in [4.78, 5) is 36.7. The fraction of sp³-hybridized carbons (Fsp3) is 0.571. The zero-order chi connectivity index (χ0) is 21.7. The Morgan fingerprint density at radius 3 is 2.67 bits per heavy atom. The number of fused-ring (bicyclic) bond motifs is 1. The number of aliphatic hydroxyl groups is 1. The number of amides is 3. The van der Waals surface area contributed by atoms with Crippen LogP contribution in [0.2, 0.25) is 0 Å². The molecule has 164 valence electrons. The van der Waals surface area contributed by atoms with Crippen molar-refractivity contribution in [1.29, 1.82) is 0 Å². The van der Waals surface area contributed by atoms with Gasteiger partial charge < -0.3 is 31.1 Å². The van der Waals surface area contributed by atoms with E-state index in [0.717, 1.165) is 24.9 Å². The van der Waals surface area contributed by atoms with E-state index in [1.54, 1.807) is 4.90 Å². The number of aryl methyl sites for hydroxylation is 1. The molecule has 0 spiro atoms. The van der Waals surface area contributed by atoms with Gasteiger partial charge in [0.05, 0.1) is 5.60 Å². The number of aliphatic carboxylic acids is 1. The Labute approximate surface area is 175 Å². The number of anilines is 1. The number of hydrogen-bond acceptors (Lipinski definition) is 5. The Morgan fingerprint density at radius 2 is 2.00 bits per heavy atom. The molecule has 0 bridgehead atoms. The maximum absolute atomic E-state index is 12.4. The normalized spacial score (nSPS) is 18.5. The van der Waals surface area contributed by atoms with Gasteiger partial charge in [-0.25, -0.2) is 9.59 Å². The first-order chi connectivity index (χ1) is 14.3. The van der Waals surface area contributed by atoms with E-state index in [-0.39, 0.29) is 32.0 Å². The Kier molecular flexibility index (Phi) is 6.81. The SMILES string of the molecule is CC(=O)NC(C(=O)O)C1(O)CCN(C(=O)NCCc2ccc3c(c2)NCCC3)CC1. The minimum atomic E-state index is -1.58. The summed E-state index contributed by atoms with van der Waals surface area (Å²) >= 11 is 0. The van der Waals surface area contributed by atoms with Gasteiger partial charge in [-0.2, -0.15) is 0 Å². The quantitative estimate of drug-likeness (QED) is 0.463. The third kappa shape index (κ3) is 5.21. The molecule has 2 heterocycles. The highest BCUT2D eigenvalue weighted by atomic mass is 16.4. The lowest BCUT2D eigenvalue weighted by Gasteiger charge is -2.41. The van der Waals surface area contributed by atoms with Gasteiger partial charge in [-0.15, -0.1) is 0 Å².